The first-order valence-corrected chi connectivity index (χ1v) is 6.23. The number of methoxy groups -OCH3 is 1. The van der Waals surface area contributed by atoms with Crippen LogP contribution in [0.25, 0.3) is 0 Å². The van der Waals surface area contributed by atoms with Crippen LogP contribution < -0.4 is 0 Å². The summed E-state index contributed by atoms with van der Waals surface area (Å²) >= 11 is 0. The molecule has 0 aliphatic carbocycles. The Morgan fingerprint density at radius 3 is 2.17 bits per heavy atom. The maximum atomic E-state index is 5.03. The highest BCUT2D eigenvalue weighted by Gasteiger charge is 1.95. The summed E-state index contributed by atoms with van der Waals surface area (Å²) in [5.74, 6) is 0. The molecular weight excluding hydrogens is 168 g/mol. The number of hydrogen-bond acceptors (Lipinski definition) is 1. The summed E-state index contributed by atoms with van der Waals surface area (Å²) in [5, 5.41) is 0. The van der Waals surface area contributed by atoms with Crippen LogP contribution in [-0.4, -0.2) is 19.6 Å². The number of benzene rings is 1. The van der Waals surface area contributed by atoms with Crippen molar-refractivity contribution in [1.82, 2.24) is 0 Å². The van der Waals surface area contributed by atoms with Crippen molar-refractivity contribution in [2.24, 2.45) is 0 Å². The maximum absolute atomic E-state index is 5.03. The molecule has 1 aromatic rings. The minimum Gasteiger partial charge on any atom is -0.380 e. The van der Waals surface area contributed by atoms with Crippen molar-refractivity contribution in [1.29, 1.82) is 0 Å². The smallest absolute Gasteiger partial charge is 0.0713 e. The zero-order chi connectivity index (χ0) is 8.97. The lowest BCUT2D eigenvalue weighted by atomic mass is 10.2. The summed E-state index contributed by atoms with van der Waals surface area (Å²) < 4.78 is 5.03. The van der Waals surface area contributed by atoms with E-state index in [9.17, 15) is 0 Å². The lowest BCUT2D eigenvalue weighted by molar-refractivity contribution is 0.185. The Labute approximate surface area is 77.1 Å². The molecule has 0 N–H and O–H groups in total. The van der Waals surface area contributed by atoms with Gasteiger partial charge < -0.3 is 4.74 Å². The van der Waals surface area contributed by atoms with Crippen molar-refractivity contribution < 1.29 is 4.74 Å². The molecule has 0 saturated carbocycles. The Morgan fingerprint density at radius 2 is 1.75 bits per heavy atom. The van der Waals surface area contributed by atoms with Crippen LogP contribution >= 0.6 is 10.9 Å². The molecule has 0 atom stereocenters. The number of thiol groups is 1. The lowest BCUT2D eigenvalue weighted by Crippen LogP contribution is -1.87. The van der Waals surface area contributed by atoms with E-state index in [4.69, 9.17) is 4.74 Å². The summed E-state index contributed by atoms with van der Waals surface area (Å²) in [6.07, 6.45) is 4.53. The van der Waals surface area contributed by atoms with Gasteiger partial charge in [-0.2, -0.15) is 0 Å². The average molecular weight is 184 g/mol. The van der Waals surface area contributed by atoms with Gasteiger partial charge >= 0.3 is 0 Å². The van der Waals surface area contributed by atoms with Gasteiger partial charge in [0.05, 0.1) is 6.61 Å². The van der Waals surface area contributed by atoms with E-state index >= 15 is 0 Å². The second-order valence-electron chi connectivity index (χ2n) is 2.99. The SMILES string of the molecule is COCc1ccc([SH](C)C)cc1. The van der Waals surface area contributed by atoms with Gasteiger partial charge in [-0.15, -0.1) is 0 Å². The van der Waals surface area contributed by atoms with Crippen LogP contribution in [0.4, 0.5) is 0 Å². The van der Waals surface area contributed by atoms with E-state index in [1.165, 1.54) is 10.5 Å². The Hall–Kier alpha value is -0.470. The Bertz CT molecular complexity index is 228. The molecule has 0 bridgehead atoms. The third-order valence-corrected chi connectivity index (χ3v) is 3.09. The predicted molar refractivity (Wildman–Crippen MR) is 56.3 cm³/mol. The zero-order valence-electron chi connectivity index (χ0n) is 7.87. The van der Waals surface area contributed by atoms with E-state index in [0.717, 1.165) is 0 Å². The molecule has 0 amide bonds. The largest absolute Gasteiger partial charge is 0.380 e. The fourth-order valence-electron chi connectivity index (χ4n) is 1.06. The van der Waals surface area contributed by atoms with Crippen LogP contribution in [0.2, 0.25) is 0 Å². The summed E-state index contributed by atoms with van der Waals surface area (Å²) in [7, 11) is 1.76. The van der Waals surface area contributed by atoms with E-state index in [0.29, 0.717) is 6.61 Å². The lowest BCUT2D eigenvalue weighted by Gasteiger charge is -2.09. The first-order valence-electron chi connectivity index (χ1n) is 3.99. The van der Waals surface area contributed by atoms with E-state index in [1.54, 1.807) is 7.11 Å². The van der Waals surface area contributed by atoms with Crippen molar-refractivity contribution in [2.75, 3.05) is 19.6 Å². The fraction of sp³-hybridized carbons (Fsp3) is 0.400. The van der Waals surface area contributed by atoms with Gasteiger partial charge in [-0.1, -0.05) is 12.1 Å². The van der Waals surface area contributed by atoms with Gasteiger partial charge in [-0.3, -0.25) is 0 Å². The van der Waals surface area contributed by atoms with Crippen molar-refractivity contribution in [3.05, 3.63) is 29.8 Å². The van der Waals surface area contributed by atoms with E-state index in [-0.39, 0.29) is 10.9 Å². The summed E-state index contributed by atoms with van der Waals surface area (Å²) in [5.41, 5.74) is 1.25. The summed E-state index contributed by atoms with van der Waals surface area (Å²) in [6.45, 7) is 0.714. The van der Waals surface area contributed by atoms with Crippen LogP contribution in [0.3, 0.4) is 0 Å². The molecule has 0 fully saturated rings. The molecule has 0 spiro atoms. The Balaban J connectivity index is 2.71. The highest BCUT2D eigenvalue weighted by atomic mass is 32.2. The fourth-order valence-corrected chi connectivity index (χ4v) is 1.80. The molecule has 0 unspecified atom stereocenters. The molecule has 0 heterocycles. The van der Waals surface area contributed by atoms with Gasteiger partial charge in [0, 0.05) is 7.11 Å². The molecule has 1 rings (SSSR count). The van der Waals surface area contributed by atoms with Gasteiger partial charge in [0.25, 0.3) is 0 Å². The van der Waals surface area contributed by atoms with Gasteiger partial charge in [0.2, 0.25) is 0 Å². The normalized spacial score (nSPS) is 11.4. The van der Waals surface area contributed by atoms with Gasteiger partial charge in [-0.25, -0.2) is 10.9 Å². The van der Waals surface area contributed by atoms with Crippen molar-refractivity contribution >= 4 is 10.9 Å². The summed E-state index contributed by atoms with van der Waals surface area (Å²) in [4.78, 5) is 1.45. The molecule has 12 heavy (non-hydrogen) atoms. The third-order valence-electron chi connectivity index (χ3n) is 1.76. The van der Waals surface area contributed by atoms with Crippen molar-refractivity contribution in [3.63, 3.8) is 0 Å². The number of rotatable bonds is 3. The molecular formula is C10H16OS. The zero-order valence-corrected chi connectivity index (χ0v) is 8.77. The van der Waals surface area contributed by atoms with Crippen LogP contribution in [0.15, 0.2) is 29.2 Å². The Morgan fingerprint density at radius 1 is 1.17 bits per heavy atom. The standard InChI is InChI=1S/C10H16OS/c1-11-8-9-4-6-10(7-5-9)12(2)3/h4-7,12H,8H2,1-3H3. The molecule has 0 aliphatic rings. The van der Waals surface area contributed by atoms with E-state index in [1.807, 2.05) is 0 Å². The second kappa shape index (κ2) is 4.53. The maximum Gasteiger partial charge on any atom is 0.0713 e. The average Bonchev–Trinajstić information content (AvgIpc) is 2.06. The third kappa shape index (κ3) is 2.54. The van der Waals surface area contributed by atoms with Gasteiger partial charge in [0.15, 0.2) is 0 Å². The molecule has 2 heteroatoms. The van der Waals surface area contributed by atoms with Gasteiger partial charge in [0.1, 0.15) is 0 Å². The van der Waals surface area contributed by atoms with Crippen LogP contribution in [0.1, 0.15) is 5.56 Å². The predicted octanol–water partition coefficient (Wildman–Crippen LogP) is 2.45. The summed E-state index contributed by atoms with van der Waals surface area (Å²) in [6, 6.07) is 8.67. The van der Waals surface area contributed by atoms with E-state index in [2.05, 4.69) is 36.8 Å². The quantitative estimate of drug-likeness (QED) is 0.710. The van der Waals surface area contributed by atoms with Gasteiger partial charge in [-0.05, 0) is 35.1 Å². The monoisotopic (exact) mass is 184 g/mol. The topological polar surface area (TPSA) is 9.23 Å². The first kappa shape index (κ1) is 9.62. The highest BCUT2D eigenvalue weighted by molar-refractivity contribution is 8.15. The van der Waals surface area contributed by atoms with Crippen molar-refractivity contribution in [3.8, 4) is 0 Å². The second-order valence-corrected chi connectivity index (χ2v) is 5.30. The minimum atomic E-state index is 0.0419. The van der Waals surface area contributed by atoms with Crippen LogP contribution in [0.5, 0.6) is 0 Å². The molecule has 0 saturated heterocycles. The van der Waals surface area contributed by atoms with Crippen LogP contribution in [0, 0.1) is 0 Å². The molecule has 0 radical (unpaired) electrons. The van der Waals surface area contributed by atoms with Crippen molar-refractivity contribution in [2.45, 2.75) is 11.5 Å². The molecule has 68 valence electrons. The number of hydrogen-bond donors (Lipinski definition) is 1. The first-order chi connectivity index (χ1) is 5.74. The highest BCUT2D eigenvalue weighted by Crippen LogP contribution is 2.27. The van der Waals surface area contributed by atoms with E-state index < -0.39 is 0 Å². The minimum absolute atomic E-state index is 0.0419. The van der Waals surface area contributed by atoms with Crippen LogP contribution in [-0.2, 0) is 11.3 Å². The Kier molecular flexibility index (Phi) is 3.63. The molecule has 1 nitrogen and oxygen atoms in total. The molecule has 1 aromatic carbocycles. The molecule has 0 aliphatic heterocycles. The molecule has 0 aromatic heterocycles. The number of ether oxygens (including phenoxy) is 1.